The number of halogens is 3. The number of hydrogen-bond acceptors (Lipinski definition) is 9. The lowest BCUT2D eigenvalue weighted by Crippen LogP contribution is -2.56. The highest BCUT2D eigenvalue weighted by Crippen LogP contribution is 2.44. The molecular weight excluding hydrogens is 493 g/mol. The highest BCUT2D eigenvalue weighted by atomic mass is 19.4. The normalized spacial score (nSPS) is 24.6. The van der Waals surface area contributed by atoms with Crippen molar-refractivity contribution in [1.29, 1.82) is 0 Å². The van der Waals surface area contributed by atoms with Crippen LogP contribution in [-0.2, 0) is 19.4 Å². The second-order valence-electron chi connectivity index (χ2n) is 10.8. The number of nitrogens with zero attached hydrogens (tertiary/aromatic N) is 3. The Morgan fingerprint density at radius 3 is 2.14 bits per heavy atom. The van der Waals surface area contributed by atoms with Crippen LogP contribution in [0.4, 0.5) is 18.9 Å². The fourth-order valence-electron chi connectivity index (χ4n) is 5.51. The van der Waals surface area contributed by atoms with Gasteiger partial charge in [0.25, 0.3) is 0 Å². The maximum absolute atomic E-state index is 12.7. The summed E-state index contributed by atoms with van der Waals surface area (Å²) in [6, 6.07) is 8.20. The Hall–Kier alpha value is -2.86. The first kappa shape index (κ1) is 28.7. The summed E-state index contributed by atoms with van der Waals surface area (Å²) in [7, 11) is 0. The first-order valence-electron chi connectivity index (χ1n) is 12.3. The van der Waals surface area contributed by atoms with Gasteiger partial charge in [-0.15, -0.1) is 0 Å². The van der Waals surface area contributed by atoms with Gasteiger partial charge in [0.15, 0.2) is 0 Å². The van der Waals surface area contributed by atoms with E-state index in [2.05, 4.69) is 24.7 Å². The van der Waals surface area contributed by atoms with Crippen LogP contribution in [0.15, 0.2) is 29.4 Å². The van der Waals surface area contributed by atoms with Gasteiger partial charge in [-0.1, -0.05) is 32.9 Å². The number of benzene rings is 1. The third-order valence-electron chi connectivity index (χ3n) is 7.20. The monoisotopic (exact) mass is 528 g/mol. The lowest BCUT2D eigenvalue weighted by molar-refractivity contribution is -0.293. The molecule has 206 valence electrons. The summed E-state index contributed by atoms with van der Waals surface area (Å²) in [6.45, 7) is 8.41. The Bertz CT molecular complexity index is 962. The molecule has 0 bridgehead atoms. The van der Waals surface area contributed by atoms with Crippen molar-refractivity contribution >= 4 is 23.8 Å². The number of rotatable bonds is 5. The molecule has 0 aromatic heterocycles. The molecule has 37 heavy (non-hydrogen) atoms. The Morgan fingerprint density at radius 2 is 1.65 bits per heavy atom. The fourth-order valence-corrected chi connectivity index (χ4v) is 5.51. The second kappa shape index (κ2) is 11.3. The molecule has 0 spiro atoms. The van der Waals surface area contributed by atoms with Gasteiger partial charge in [0.1, 0.15) is 0 Å². The minimum absolute atomic E-state index is 0.213. The van der Waals surface area contributed by atoms with E-state index in [1.165, 1.54) is 0 Å². The van der Waals surface area contributed by atoms with Crippen molar-refractivity contribution < 1.29 is 37.6 Å². The van der Waals surface area contributed by atoms with Gasteiger partial charge in [0.2, 0.25) is 0 Å². The summed E-state index contributed by atoms with van der Waals surface area (Å²) in [4.78, 5) is 36.3. The van der Waals surface area contributed by atoms with Gasteiger partial charge in [-0.05, 0) is 48.8 Å². The van der Waals surface area contributed by atoms with Gasteiger partial charge in [-0.3, -0.25) is 4.90 Å². The van der Waals surface area contributed by atoms with Crippen molar-refractivity contribution in [2.45, 2.75) is 64.3 Å². The molecule has 12 heteroatoms. The second-order valence-corrected chi connectivity index (χ2v) is 10.8. The molecule has 1 aromatic carbocycles. The third-order valence-corrected chi connectivity index (χ3v) is 7.20. The summed E-state index contributed by atoms with van der Waals surface area (Å²) in [5.41, 5.74) is -0.298. The van der Waals surface area contributed by atoms with Gasteiger partial charge < -0.3 is 15.8 Å². The van der Waals surface area contributed by atoms with Crippen molar-refractivity contribution in [2.24, 2.45) is 22.3 Å². The van der Waals surface area contributed by atoms with Crippen LogP contribution < -0.4 is 10.7 Å². The average Bonchev–Trinajstić information content (AvgIpc) is 2.82. The maximum atomic E-state index is 12.7. The molecule has 2 fully saturated rings. The number of alkyl halides is 3. The van der Waals surface area contributed by atoms with Crippen molar-refractivity contribution in [3.05, 3.63) is 29.8 Å². The number of carbonyl (C=O) groups is 2. The molecule has 0 amide bonds. The van der Waals surface area contributed by atoms with E-state index in [1.807, 2.05) is 24.3 Å². The van der Waals surface area contributed by atoms with E-state index in [1.54, 1.807) is 27.0 Å². The summed E-state index contributed by atoms with van der Waals surface area (Å²) in [5, 5.41) is 15.0. The maximum Gasteiger partial charge on any atom is 0.495 e. The molecule has 3 N–H and O–H groups in total. The van der Waals surface area contributed by atoms with E-state index in [9.17, 15) is 27.9 Å². The topological polar surface area (TPSA) is 118 Å². The van der Waals surface area contributed by atoms with Gasteiger partial charge in [0.05, 0.1) is 17.7 Å². The Kier molecular flexibility index (Phi) is 8.74. The Labute approximate surface area is 214 Å². The van der Waals surface area contributed by atoms with Gasteiger partial charge in [-0.2, -0.15) is 18.3 Å². The standard InChI is InChI=1S/C25H35F3N4O5/c1-23(2,3)20(21(33)36-37-22(34)25(26,27)28)24(35)10-8-19(9-11-24)32-14-12-31(13-15-32)18-6-4-17(5-7-18)16-30-29/h4-7,16,19-20,35H,8-15,29H2,1-3H3/b30-16-. The minimum atomic E-state index is -5.29. The summed E-state index contributed by atoms with van der Waals surface area (Å²) in [6.07, 6.45) is -1.93. The number of hydrogen-bond donors (Lipinski definition) is 2. The van der Waals surface area contributed by atoms with E-state index in [-0.39, 0.29) is 18.9 Å². The number of hydrazone groups is 1. The number of anilines is 1. The number of piperazine rings is 1. The van der Waals surface area contributed by atoms with Crippen LogP contribution in [0.3, 0.4) is 0 Å². The van der Waals surface area contributed by atoms with Gasteiger partial charge >= 0.3 is 18.1 Å². The third kappa shape index (κ3) is 7.13. The fraction of sp³-hybridized carbons (Fsp3) is 0.640. The van der Waals surface area contributed by atoms with Gasteiger partial charge in [-0.25, -0.2) is 19.4 Å². The lowest BCUT2D eigenvalue weighted by Gasteiger charge is -2.48. The molecular formula is C25H35F3N4O5. The minimum Gasteiger partial charge on any atom is -0.389 e. The largest absolute Gasteiger partial charge is 0.495 e. The first-order valence-corrected chi connectivity index (χ1v) is 12.3. The zero-order valence-corrected chi connectivity index (χ0v) is 21.3. The van der Waals surface area contributed by atoms with Crippen LogP contribution in [0.2, 0.25) is 0 Å². The van der Waals surface area contributed by atoms with Crippen LogP contribution in [-0.4, -0.2) is 72.2 Å². The smallest absolute Gasteiger partial charge is 0.389 e. The molecule has 1 heterocycles. The highest BCUT2D eigenvalue weighted by Gasteiger charge is 2.52. The zero-order valence-electron chi connectivity index (χ0n) is 21.3. The molecule has 1 unspecified atom stereocenters. The molecule has 2 aliphatic rings. The van der Waals surface area contributed by atoms with Crippen LogP contribution in [0.1, 0.15) is 52.0 Å². The van der Waals surface area contributed by atoms with Crippen molar-refractivity contribution in [2.75, 3.05) is 31.1 Å². The van der Waals surface area contributed by atoms with Crippen molar-refractivity contribution in [3.63, 3.8) is 0 Å². The quantitative estimate of drug-likeness (QED) is 0.259. The van der Waals surface area contributed by atoms with E-state index >= 15 is 0 Å². The molecule has 1 aromatic rings. The molecule has 0 radical (unpaired) electrons. The van der Waals surface area contributed by atoms with Crippen molar-refractivity contribution in [1.82, 2.24) is 4.90 Å². The Morgan fingerprint density at radius 1 is 1.08 bits per heavy atom. The predicted octanol–water partition coefficient (Wildman–Crippen LogP) is 3.00. The summed E-state index contributed by atoms with van der Waals surface area (Å²) < 4.78 is 37.3. The molecule has 1 aliphatic carbocycles. The molecule has 1 saturated carbocycles. The van der Waals surface area contributed by atoms with Crippen LogP contribution in [0, 0.1) is 11.3 Å². The average molecular weight is 529 g/mol. The van der Waals surface area contributed by atoms with E-state index in [4.69, 9.17) is 5.84 Å². The van der Waals surface area contributed by atoms with Crippen LogP contribution in [0.5, 0.6) is 0 Å². The molecule has 1 saturated heterocycles. The Balaban J connectivity index is 1.56. The SMILES string of the molecule is CC(C)(C)C(C(=O)OOC(=O)C(F)(F)F)C1(O)CCC(N2CCN(c3ccc(/C=N\N)cc3)CC2)CC1. The summed E-state index contributed by atoms with van der Waals surface area (Å²) >= 11 is 0. The van der Waals surface area contributed by atoms with Crippen LogP contribution >= 0.6 is 0 Å². The first-order chi connectivity index (χ1) is 17.2. The molecule has 1 atom stereocenters. The van der Waals surface area contributed by atoms with Crippen molar-refractivity contribution in [3.8, 4) is 0 Å². The zero-order chi connectivity index (χ0) is 27.4. The lowest BCUT2D eigenvalue weighted by atomic mass is 9.64. The highest BCUT2D eigenvalue weighted by molar-refractivity contribution is 5.80. The number of carbonyl (C=O) groups excluding carboxylic acids is 2. The number of aliphatic hydroxyl groups is 1. The van der Waals surface area contributed by atoms with E-state index < -0.39 is 35.0 Å². The molecule has 9 nitrogen and oxygen atoms in total. The van der Waals surface area contributed by atoms with Crippen LogP contribution in [0.25, 0.3) is 0 Å². The van der Waals surface area contributed by atoms with Gasteiger partial charge in [0, 0.05) is 37.9 Å². The van der Waals surface area contributed by atoms with E-state index in [0.717, 1.165) is 37.4 Å². The predicted molar refractivity (Wildman–Crippen MR) is 130 cm³/mol. The molecule has 1 aliphatic heterocycles. The molecule has 3 rings (SSSR count). The van der Waals surface area contributed by atoms with E-state index in [0.29, 0.717) is 12.8 Å². The summed E-state index contributed by atoms with van der Waals surface area (Å²) in [5.74, 6) is 0.207. The number of nitrogens with two attached hydrogens (primary N) is 1.